The Kier molecular flexibility index (Phi) is 7.78. The van der Waals surface area contributed by atoms with Crippen LogP contribution >= 0.6 is 15.9 Å². The standard InChI is InChI=1S/C25H23BrN2O4/c1-16-8-10-21(12-18(16)3)31-15-24(29)28-27-14-19-13-20(26)9-11-23(19)32-25(30)22-7-5-4-6-17(22)2/h4-14H,15H2,1-3H3,(H,28,29)/b27-14-. The van der Waals surface area contributed by atoms with Gasteiger partial charge in [0.2, 0.25) is 0 Å². The molecular weight excluding hydrogens is 472 g/mol. The Morgan fingerprint density at radius 2 is 1.75 bits per heavy atom. The number of ether oxygens (including phenoxy) is 2. The molecule has 1 amide bonds. The van der Waals surface area contributed by atoms with Crippen molar-refractivity contribution in [2.75, 3.05) is 6.61 Å². The zero-order valence-corrected chi connectivity index (χ0v) is 19.6. The minimum Gasteiger partial charge on any atom is -0.484 e. The fourth-order valence-electron chi connectivity index (χ4n) is 2.83. The summed E-state index contributed by atoms with van der Waals surface area (Å²) in [5.74, 6) is 0.0642. The van der Waals surface area contributed by atoms with Crippen molar-refractivity contribution in [2.24, 2.45) is 5.10 Å². The Labute approximate surface area is 195 Å². The van der Waals surface area contributed by atoms with Crippen molar-refractivity contribution in [1.29, 1.82) is 0 Å². The van der Waals surface area contributed by atoms with E-state index in [4.69, 9.17) is 9.47 Å². The van der Waals surface area contributed by atoms with Crippen molar-refractivity contribution < 1.29 is 19.1 Å². The van der Waals surface area contributed by atoms with E-state index in [1.165, 1.54) is 6.21 Å². The average molecular weight is 495 g/mol. The van der Waals surface area contributed by atoms with Crippen LogP contribution < -0.4 is 14.9 Å². The lowest BCUT2D eigenvalue weighted by Gasteiger charge is -2.09. The molecule has 0 saturated heterocycles. The van der Waals surface area contributed by atoms with Crippen molar-refractivity contribution in [1.82, 2.24) is 5.43 Å². The predicted octanol–water partition coefficient (Wildman–Crippen LogP) is 5.12. The van der Waals surface area contributed by atoms with Gasteiger partial charge in [0, 0.05) is 10.0 Å². The van der Waals surface area contributed by atoms with Crippen molar-refractivity contribution in [2.45, 2.75) is 20.8 Å². The number of nitrogens with one attached hydrogen (secondary N) is 1. The van der Waals surface area contributed by atoms with E-state index >= 15 is 0 Å². The molecule has 1 N–H and O–H groups in total. The molecule has 0 aliphatic carbocycles. The highest BCUT2D eigenvalue weighted by Crippen LogP contribution is 2.23. The second kappa shape index (κ2) is 10.7. The third-order valence-corrected chi connectivity index (χ3v) is 5.27. The lowest BCUT2D eigenvalue weighted by atomic mass is 10.1. The SMILES string of the molecule is Cc1ccc(OCC(=O)N/N=C\c2cc(Br)ccc2OC(=O)c2ccccc2C)cc1C. The van der Waals surface area contributed by atoms with Crippen LogP contribution in [-0.4, -0.2) is 24.7 Å². The molecule has 0 heterocycles. The average Bonchev–Trinajstić information content (AvgIpc) is 2.76. The summed E-state index contributed by atoms with van der Waals surface area (Å²) in [5, 5.41) is 3.97. The van der Waals surface area contributed by atoms with Gasteiger partial charge in [0.25, 0.3) is 5.91 Å². The Bertz CT molecular complexity index is 1170. The minimum atomic E-state index is -0.467. The first-order valence-corrected chi connectivity index (χ1v) is 10.7. The van der Waals surface area contributed by atoms with Crippen LogP contribution in [0.4, 0.5) is 0 Å². The number of carbonyl (C=O) groups excluding carboxylic acids is 2. The molecule has 0 unspecified atom stereocenters. The number of hydrogen-bond donors (Lipinski definition) is 1. The van der Waals surface area contributed by atoms with Crippen LogP contribution in [0.5, 0.6) is 11.5 Å². The van der Waals surface area contributed by atoms with Gasteiger partial charge in [-0.2, -0.15) is 5.10 Å². The molecular formula is C25H23BrN2O4. The van der Waals surface area contributed by atoms with Gasteiger partial charge >= 0.3 is 5.97 Å². The van der Waals surface area contributed by atoms with Gasteiger partial charge < -0.3 is 9.47 Å². The molecule has 6 nitrogen and oxygen atoms in total. The van der Waals surface area contributed by atoms with E-state index in [1.54, 1.807) is 30.3 Å². The number of nitrogens with zero attached hydrogens (tertiary/aromatic N) is 1. The number of carbonyl (C=O) groups is 2. The Morgan fingerprint density at radius 1 is 0.969 bits per heavy atom. The van der Waals surface area contributed by atoms with Gasteiger partial charge in [0.15, 0.2) is 6.61 Å². The third-order valence-electron chi connectivity index (χ3n) is 4.78. The van der Waals surface area contributed by atoms with E-state index in [-0.39, 0.29) is 6.61 Å². The van der Waals surface area contributed by atoms with Gasteiger partial charge in [0.1, 0.15) is 11.5 Å². The molecule has 0 radical (unpaired) electrons. The smallest absolute Gasteiger partial charge is 0.343 e. The van der Waals surface area contributed by atoms with E-state index in [2.05, 4.69) is 26.5 Å². The number of benzene rings is 3. The van der Waals surface area contributed by atoms with Gasteiger partial charge in [0.05, 0.1) is 11.8 Å². The van der Waals surface area contributed by atoms with Gasteiger partial charge in [-0.1, -0.05) is 40.2 Å². The molecule has 0 aliphatic rings. The minimum absolute atomic E-state index is 0.173. The molecule has 3 aromatic rings. The first-order chi connectivity index (χ1) is 15.3. The number of hydrazone groups is 1. The quantitative estimate of drug-likeness (QED) is 0.214. The zero-order valence-electron chi connectivity index (χ0n) is 18.0. The molecule has 0 atom stereocenters. The highest BCUT2D eigenvalue weighted by atomic mass is 79.9. The summed E-state index contributed by atoms with van der Waals surface area (Å²) < 4.78 is 11.8. The van der Waals surface area contributed by atoms with Crippen LogP contribution in [-0.2, 0) is 4.79 Å². The Hall–Kier alpha value is -3.45. The molecule has 164 valence electrons. The number of amides is 1. The van der Waals surface area contributed by atoms with Gasteiger partial charge in [-0.15, -0.1) is 0 Å². The maximum Gasteiger partial charge on any atom is 0.343 e. The summed E-state index contributed by atoms with van der Waals surface area (Å²) >= 11 is 3.39. The third kappa shape index (κ3) is 6.28. The summed E-state index contributed by atoms with van der Waals surface area (Å²) in [4.78, 5) is 24.6. The van der Waals surface area contributed by atoms with Crippen LogP contribution in [0.2, 0.25) is 0 Å². The molecule has 3 aromatic carbocycles. The van der Waals surface area contributed by atoms with Crippen LogP contribution in [0, 0.1) is 20.8 Å². The molecule has 0 aliphatic heterocycles. The number of esters is 1. The predicted molar refractivity (Wildman–Crippen MR) is 127 cm³/mol. The summed E-state index contributed by atoms with van der Waals surface area (Å²) in [5.41, 5.74) is 6.48. The zero-order chi connectivity index (χ0) is 23.1. The molecule has 3 rings (SSSR count). The van der Waals surface area contributed by atoms with Crippen molar-refractivity contribution in [3.63, 3.8) is 0 Å². The Morgan fingerprint density at radius 3 is 2.50 bits per heavy atom. The normalized spacial score (nSPS) is 10.8. The van der Waals surface area contributed by atoms with E-state index in [0.29, 0.717) is 22.6 Å². The molecule has 0 bridgehead atoms. The van der Waals surface area contributed by atoms with Gasteiger partial charge in [-0.3, -0.25) is 4.79 Å². The lowest BCUT2D eigenvalue weighted by Crippen LogP contribution is -2.24. The molecule has 32 heavy (non-hydrogen) atoms. The van der Waals surface area contributed by atoms with Gasteiger partial charge in [-0.25, -0.2) is 10.2 Å². The van der Waals surface area contributed by atoms with Gasteiger partial charge in [-0.05, 0) is 73.9 Å². The van der Waals surface area contributed by atoms with Crippen LogP contribution in [0.1, 0.15) is 32.6 Å². The molecule has 7 heteroatoms. The molecule has 0 spiro atoms. The summed E-state index contributed by atoms with van der Waals surface area (Å²) in [7, 11) is 0. The van der Waals surface area contributed by atoms with E-state index in [1.807, 2.05) is 51.1 Å². The van der Waals surface area contributed by atoms with E-state index in [9.17, 15) is 9.59 Å². The highest BCUT2D eigenvalue weighted by molar-refractivity contribution is 9.10. The van der Waals surface area contributed by atoms with Crippen molar-refractivity contribution >= 4 is 34.0 Å². The number of halogens is 1. The van der Waals surface area contributed by atoms with Crippen LogP contribution in [0.25, 0.3) is 0 Å². The monoisotopic (exact) mass is 494 g/mol. The first-order valence-electron chi connectivity index (χ1n) is 9.93. The largest absolute Gasteiger partial charge is 0.484 e. The topological polar surface area (TPSA) is 77.0 Å². The lowest BCUT2D eigenvalue weighted by molar-refractivity contribution is -0.123. The summed E-state index contributed by atoms with van der Waals surface area (Å²) in [6.45, 7) is 5.66. The first kappa shape index (κ1) is 23.2. The second-order valence-corrected chi connectivity index (χ2v) is 8.13. The number of rotatable bonds is 7. The highest BCUT2D eigenvalue weighted by Gasteiger charge is 2.13. The van der Waals surface area contributed by atoms with Crippen LogP contribution in [0.3, 0.4) is 0 Å². The number of aryl methyl sites for hydroxylation is 3. The van der Waals surface area contributed by atoms with Crippen molar-refractivity contribution in [3.05, 3.63) is 93.0 Å². The summed E-state index contributed by atoms with van der Waals surface area (Å²) in [6, 6.07) is 18.0. The second-order valence-electron chi connectivity index (χ2n) is 7.21. The fraction of sp³-hybridized carbons (Fsp3) is 0.160. The van der Waals surface area contributed by atoms with Crippen molar-refractivity contribution in [3.8, 4) is 11.5 Å². The number of hydrogen-bond acceptors (Lipinski definition) is 5. The fourth-order valence-corrected chi connectivity index (χ4v) is 3.21. The Balaban J connectivity index is 1.63. The van der Waals surface area contributed by atoms with E-state index in [0.717, 1.165) is 21.2 Å². The van der Waals surface area contributed by atoms with E-state index < -0.39 is 11.9 Å². The molecule has 0 saturated carbocycles. The molecule has 0 fully saturated rings. The maximum atomic E-state index is 12.6. The van der Waals surface area contributed by atoms with Crippen LogP contribution in [0.15, 0.2) is 70.2 Å². The maximum absolute atomic E-state index is 12.6. The summed E-state index contributed by atoms with van der Waals surface area (Å²) in [6.07, 6.45) is 1.42. The molecule has 0 aromatic heterocycles.